The van der Waals surface area contributed by atoms with Gasteiger partial charge in [0.2, 0.25) is 0 Å². The molecular weight excluding hydrogens is 1640 g/mol. The summed E-state index contributed by atoms with van der Waals surface area (Å²) in [6, 6.07) is 0. The molecular formula is Ba3Cu3O32P8Zr3. The van der Waals surface area contributed by atoms with Crippen LogP contribution in [-0.4, -0.2) is 147 Å². The fourth-order valence-electron chi connectivity index (χ4n) is 0. The van der Waals surface area contributed by atoms with E-state index in [1.807, 2.05) is 0 Å². The van der Waals surface area contributed by atoms with Crippen LogP contribution in [0.2, 0.25) is 0 Å². The Morgan fingerprint density at radius 1 is 0.184 bits per heavy atom. The first-order chi connectivity index (χ1) is 16.0. The molecule has 0 bridgehead atoms. The third-order valence-electron chi connectivity index (χ3n) is 0. The molecule has 0 aromatic heterocycles. The smallest absolute Gasteiger partial charge is 0.822 e. The SMILES string of the molecule is O=P([O-])([O-])[O-].O=P([O-])([O-])[O-].O=P([O-])([O-])[O-].O=P([O-])([O-])[O-].O=P([O-])([O-])[O-].O=P([O-])([O-])[O-].O=P([O-])([O-])[O-].O=P([O-])([O-])[O-].[Ba+2].[Ba+2].[Ba+2].[Cu+2].[Cu+2].[Cu+2].[Zr+4].[Zr+4].[Zr+4]. The molecule has 0 aromatic rings. The van der Waals surface area contributed by atoms with Crippen molar-refractivity contribution in [3.63, 3.8) is 0 Å². The van der Waals surface area contributed by atoms with E-state index in [-0.39, 0.29) is 276 Å². The van der Waals surface area contributed by atoms with Crippen molar-refractivity contribution in [1.82, 2.24) is 0 Å². The van der Waals surface area contributed by atoms with E-state index in [0.717, 1.165) is 0 Å². The van der Waals surface area contributed by atoms with Gasteiger partial charge in [0.25, 0.3) is 0 Å². The average Bonchev–Trinajstić information content (AvgIpc) is 2.16. The van der Waals surface area contributed by atoms with Crippen LogP contribution in [0.1, 0.15) is 0 Å². The maximum atomic E-state index is 8.55. The number of rotatable bonds is 0. The van der Waals surface area contributed by atoms with E-state index < -0.39 is 62.6 Å². The third-order valence-corrected chi connectivity index (χ3v) is 0. The maximum absolute atomic E-state index is 8.55. The van der Waals surface area contributed by atoms with Gasteiger partial charge in [-0.1, -0.05) is 0 Å². The van der Waals surface area contributed by atoms with Crippen LogP contribution in [-0.2, 0) is 166 Å². The van der Waals surface area contributed by atoms with Crippen molar-refractivity contribution in [3.8, 4) is 0 Å². The minimum absolute atomic E-state index is 0. The Morgan fingerprint density at radius 2 is 0.184 bits per heavy atom. The largest absolute Gasteiger partial charge is 4.00 e. The van der Waals surface area contributed by atoms with Crippen LogP contribution in [0.5, 0.6) is 0 Å². The van der Waals surface area contributed by atoms with Gasteiger partial charge in [0.1, 0.15) is 0 Å². The molecule has 0 atom stereocenters. The zero-order valence-corrected chi connectivity index (χ0v) is 51.8. The molecule has 0 fully saturated rings. The molecule has 0 aliphatic carbocycles. The monoisotopic (exact) mass is 1630 g/mol. The number of phosphoric acid groups is 8. The molecule has 0 heterocycles. The van der Waals surface area contributed by atoms with Gasteiger partial charge in [-0.05, 0) is 0 Å². The Kier molecular flexibility index (Phi) is 128. The molecule has 0 aromatic carbocycles. The van der Waals surface area contributed by atoms with Crippen molar-refractivity contribution in [2.75, 3.05) is 0 Å². The Balaban J connectivity index is -0.0000000155. The van der Waals surface area contributed by atoms with E-state index in [9.17, 15) is 0 Å². The van der Waals surface area contributed by atoms with Gasteiger partial charge in [0.15, 0.2) is 0 Å². The average molecular weight is 1640 g/mol. The summed E-state index contributed by atoms with van der Waals surface area (Å²) < 4.78 is 68.4. The molecule has 49 heteroatoms. The Hall–Kier alpha value is 9.80. The van der Waals surface area contributed by atoms with E-state index in [0.29, 0.717) is 0 Å². The van der Waals surface area contributed by atoms with E-state index in [4.69, 9.17) is 154 Å². The van der Waals surface area contributed by atoms with Gasteiger partial charge in [0.05, 0.1) is 0 Å². The first-order valence-electron chi connectivity index (χ1n) is 5.84. The summed E-state index contributed by atoms with van der Waals surface area (Å²) in [5.74, 6) is 0. The van der Waals surface area contributed by atoms with E-state index in [1.165, 1.54) is 0 Å². The van der Waals surface area contributed by atoms with Crippen LogP contribution in [0.25, 0.3) is 0 Å². The minimum atomic E-state index is -5.39. The van der Waals surface area contributed by atoms with Gasteiger partial charge in [0, 0.05) is 0 Å². The molecule has 0 N–H and O–H groups in total. The molecule has 32 nitrogen and oxygen atoms in total. The second-order valence-corrected chi connectivity index (χ2v) is 10.7. The van der Waals surface area contributed by atoms with Crippen molar-refractivity contribution < 1.29 is 284 Å². The zero-order valence-electron chi connectivity index (χ0n) is 21.2. The summed E-state index contributed by atoms with van der Waals surface area (Å²) in [5.41, 5.74) is 0. The Bertz CT molecular complexity index is 686. The van der Waals surface area contributed by atoms with Crippen molar-refractivity contribution in [2.45, 2.75) is 0 Å². The van der Waals surface area contributed by atoms with Gasteiger partial charge in [-0.3, -0.25) is 0 Å². The Morgan fingerprint density at radius 3 is 0.184 bits per heavy atom. The van der Waals surface area contributed by atoms with Crippen molar-refractivity contribution in [3.05, 3.63) is 0 Å². The topological polar surface area (TPSA) is 690 Å². The van der Waals surface area contributed by atoms with E-state index in [2.05, 4.69) is 0 Å². The first-order valence-corrected chi connectivity index (χ1v) is 17.5. The van der Waals surface area contributed by atoms with Crippen LogP contribution >= 0.6 is 62.6 Å². The quantitative estimate of drug-likeness (QED) is 0.160. The minimum Gasteiger partial charge on any atom is -0.822 e. The molecule has 0 spiro atoms. The predicted octanol–water partition coefficient (Wildman–Crippen LogP) is -23.8. The van der Waals surface area contributed by atoms with E-state index >= 15 is 0 Å². The molecule has 0 aliphatic heterocycles. The predicted molar refractivity (Wildman–Crippen MR) is 78.1 cm³/mol. The third kappa shape index (κ3) is 1870. The summed E-state index contributed by atoms with van der Waals surface area (Å²) in [7, 11) is -43.1. The summed E-state index contributed by atoms with van der Waals surface area (Å²) in [5, 5.41) is 0. The fraction of sp³-hybridized carbons (Fsp3) is 0. The van der Waals surface area contributed by atoms with E-state index in [1.54, 1.807) is 0 Å². The Labute approximate surface area is 482 Å². The molecule has 49 heavy (non-hydrogen) atoms. The van der Waals surface area contributed by atoms with Crippen LogP contribution in [0, 0.1) is 0 Å². The maximum Gasteiger partial charge on any atom is 4.00 e. The van der Waals surface area contributed by atoms with Crippen LogP contribution in [0.15, 0.2) is 0 Å². The summed E-state index contributed by atoms with van der Waals surface area (Å²) >= 11 is 0. The molecule has 3 radical (unpaired) electrons. The number of hydrogen-bond donors (Lipinski definition) is 0. The molecule has 0 aliphatic rings. The van der Waals surface area contributed by atoms with Crippen molar-refractivity contribution in [2.24, 2.45) is 0 Å². The van der Waals surface area contributed by atoms with Gasteiger partial charge in [-0.25, -0.2) is 0 Å². The summed E-state index contributed by atoms with van der Waals surface area (Å²) in [4.78, 5) is 205. The van der Waals surface area contributed by atoms with Gasteiger partial charge in [-0.15, -0.1) is 0 Å². The van der Waals surface area contributed by atoms with Crippen LogP contribution in [0.4, 0.5) is 0 Å². The molecule has 0 unspecified atom stereocenters. The molecule has 283 valence electrons. The zero-order chi connectivity index (χ0) is 36.0. The fourth-order valence-corrected chi connectivity index (χ4v) is 0. The first kappa shape index (κ1) is 112. The summed E-state index contributed by atoms with van der Waals surface area (Å²) in [6.45, 7) is 0. The normalized spacial score (nSPS) is 9.63. The molecule has 0 amide bonds. The standard InChI is InChI=1S/3Ba.3Cu.8H3O4P.3Zr/c;;;;;;8*1-5(2,3)4;;;/h;;;;;;8*(H3,1,2,3,4);;;/q6*+2;;;;;;;;;3*+4/p-24. The second-order valence-electron chi connectivity index (χ2n) is 3.58. The van der Waals surface area contributed by atoms with Gasteiger partial charge in [-0.2, -0.15) is 62.6 Å². The van der Waals surface area contributed by atoms with Crippen molar-refractivity contribution >= 4 is 209 Å². The van der Waals surface area contributed by atoms with Gasteiger partial charge < -0.3 is 154 Å². The summed E-state index contributed by atoms with van der Waals surface area (Å²) in [6.07, 6.45) is 0. The molecule has 0 saturated carbocycles. The molecule has 0 saturated heterocycles. The van der Waals surface area contributed by atoms with Crippen LogP contribution < -0.4 is 117 Å². The number of hydrogen-bond acceptors (Lipinski definition) is 32. The molecule has 0 rings (SSSR count). The van der Waals surface area contributed by atoms with Gasteiger partial charge >= 0.3 is 276 Å². The second kappa shape index (κ2) is 55.8. The van der Waals surface area contributed by atoms with Crippen molar-refractivity contribution in [1.29, 1.82) is 0 Å². The van der Waals surface area contributed by atoms with Crippen LogP contribution in [0.3, 0.4) is 0 Å².